The molecule has 0 spiro atoms. The van der Waals surface area contributed by atoms with Crippen LogP contribution >= 0.6 is 0 Å². The molecule has 0 aliphatic carbocycles. The zero-order valence-corrected chi connectivity index (χ0v) is 6.86. The van der Waals surface area contributed by atoms with Crippen molar-refractivity contribution < 1.29 is 15.0 Å². The molecule has 4 nitrogen and oxygen atoms in total. The highest BCUT2D eigenvalue weighted by Crippen LogP contribution is 2.08. The van der Waals surface area contributed by atoms with Gasteiger partial charge in [-0.3, -0.25) is 4.79 Å². The van der Waals surface area contributed by atoms with Gasteiger partial charge >= 0.3 is 0 Å². The standard InChI is InChI=1S/C8H13NO3/c10-6-2-1-4-9-5-3-7(11)8(9)12/h3,10-11H,1-2,4-6H2. The summed E-state index contributed by atoms with van der Waals surface area (Å²) in [4.78, 5) is 12.6. The van der Waals surface area contributed by atoms with E-state index in [4.69, 9.17) is 10.2 Å². The van der Waals surface area contributed by atoms with E-state index >= 15 is 0 Å². The lowest BCUT2D eigenvalue weighted by atomic mass is 10.3. The summed E-state index contributed by atoms with van der Waals surface area (Å²) in [6.07, 6.45) is 2.98. The van der Waals surface area contributed by atoms with Crippen molar-refractivity contribution >= 4 is 5.91 Å². The number of carbonyl (C=O) groups is 1. The van der Waals surface area contributed by atoms with Crippen LogP contribution in [0.5, 0.6) is 0 Å². The number of carbonyl (C=O) groups excluding carboxylic acids is 1. The molecular formula is C8H13NO3. The highest BCUT2D eigenvalue weighted by atomic mass is 16.3. The van der Waals surface area contributed by atoms with Gasteiger partial charge in [-0.2, -0.15) is 0 Å². The van der Waals surface area contributed by atoms with Gasteiger partial charge in [0, 0.05) is 19.7 Å². The number of amides is 1. The second kappa shape index (κ2) is 4.11. The SMILES string of the molecule is O=C1C(O)=CCN1CCCCO. The Kier molecular flexibility index (Phi) is 3.10. The van der Waals surface area contributed by atoms with Crippen molar-refractivity contribution in [3.8, 4) is 0 Å². The van der Waals surface area contributed by atoms with Crippen LogP contribution in [0.15, 0.2) is 11.8 Å². The molecular weight excluding hydrogens is 158 g/mol. The molecule has 68 valence electrons. The quantitative estimate of drug-likeness (QED) is 0.587. The number of unbranched alkanes of at least 4 members (excludes halogenated alkanes) is 1. The van der Waals surface area contributed by atoms with E-state index in [2.05, 4.69) is 0 Å². The number of aliphatic hydroxyl groups excluding tert-OH is 2. The smallest absolute Gasteiger partial charge is 0.288 e. The molecule has 1 rings (SSSR count). The normalized spacial score (nSPS) is 16.9. The van der Waals surface area contributed by atoms with Crippen LogP contribution in [-0.2, 0) is 4.79 Å². The van der Waals surface area contributed by atoms with E-state index in [1.54, 1.807) is 4.90 Å². The summed E-state index contributed by atoms with van der Waals surface area (Å²) in [5, 5.41) is 17.4. The van der Waals surface area contributed by atoms with E-state index in [1.807, 2.05) is 0 Å². The van der Waals surface area contributed by atoms with Crippen molar-refractivity contribution in [2.45, 2.75) is 12.8 Å². The Bertz CT molecular complexity index is 200. The van der Waals surface area contributed by atoms with Gasteiger partial charge < -0.3 is 15.1 Å². The second-order valence-corrected chi connectivity index (χ2v) is 2.77. The average molecular weight is 171 g/mol. The third-order valence-corrected chi connectivity index (χ3v) is 1.85. The molecule has 0 atom stereocenters. The van der Waals surface area contributed by atoms with Gasteiger partial charge in [-0.1, -0.05) is 0 Å². The number of hydrogen-bond acceptors (Lipinski definition) is 3. The van der Waals surface area contributed by atoms with Crippen molar-refractivity contribution in [2.24, 2.45) is 0 Å². The van der Waals surface area contributed by atoms with Crippen LogP contribution in [0.2, 0.25) is 0 Å². The summed E-state index contributed by atoms with van der Waals surface area (Å²) in [5.41, 5.74) is 0. The molecule has 1 aliphatic heterocycles. The largest absolute Gasteiger partial charge is 0.503 e. The van der Waals surface area contributed by atoms with Gasteiger partial charge in [-0.05, 0) is 18.9 Å². The first-order valence-electron chi connectivity index (χ1n) is 4.05. The van der Waals surface area contributed by atoms with E-state index in [1.165, 1.54) is 6.08 Å². The van der Waals surface area contributed by atoms with Crippen LogP contribution in [0.25, 0.3) is 0 Å². The lowest BCUT2D eigenvalue weighted by Crippen LogP contribution is -2.28. The van der Waals surface area contributed by atoms with Crippen molar-refractivity contribution in [3.63, 3.8) is 0 Å². The van der Waals surface area contributed by atoms with Crippen molar-refractivity contribution in [1.82, 2.24) is 4.90 Å². The summed E-state index contributed by atoms with van der Waals surface area (Å²) in [5.74, 6) is -0.452. The molecule has 1 heterocycles. The Hall–Kier alpha value is -1.03. The molecule has 12 heavy (non-hydrogen) atoms. The lowest BCUT2D eigenvalue weighted by Gasteiger charge is -2.14. The minimum Gasteiger partial charge on any atom is -0.503 e. The highest BCUT2D eigenvalue weighted by Gasteiger charge is 2.21. The fourth-order valence-corrected chi connectivity index (χ4v) is 1.14. The molecule has 0 aromatic rings. The monoisotopic (exact) mass is 171 g/mol. The Labute approximate surface area is 71.1 Å². The average Bonchev–Trinajstić information content (AvgIpc) is 2.36. The third-order valence-electron chi connectivity index (χ3n) is 1.85. The van der Waals surface area contributed by atoms with Crippen LogP contribution in [0, 0.1) is 0 Å². The first-order valence-corrected chi connectivity index (χ1v) is 4.05. The maximum atomic E-state index is 11.0. The fourth-order valence-electron chi connectivity index (χ4n) is 1.14. The van der Waals surface area contributed by atoms with Crippen LogP contribution in [0.1, 0.15) is 12.8 Å². The Morgan fingerprint density at radius 2 is 2.25 bits per heavy atom. The molecule has 0 fully saturated rings. The van der Waals surface area contributed by atoms with Gasteiger partial charge in [0.15, 0.2) is 5.76 Å². The minimum absolute atomic E-state index is 0.154. The number of rotatable bonds is 4. The van der Waals surface area contributed by atoms with Gasteiger partial charge in [0.05, 0.1) is 0 Å². The maximum absolute atomic E-state index is 11.0. The Morgan fingerprint density at radius 3 is 2.75 bits per heavy atom. The Balaban J connectivity index is 2.24. The van der Waals surface area contributed by atoms with E-state index in [-0.39, 0.29) is 18.3 Å². The van der Waals surface area contributed by atoms with Crippen molar-refractivity contribution in [3.05, 3.63) is 11.8 Å². The molecule has 0 saturated carbocycles. The summed E-state index contributed by atoms with van der Waals surface area (Å²) >= 11 is 0. The maximum Gasteiger partial charge on any atom is 0.288 e. The van der Waals surface area contributed by atoms with E-state index < -0.39 is 0 Å². The Morgan fingerprint density at radius 1 is 1.50 bits per heavy atom. The first kappa shape index (κ1) is 9.06. The van der Waals surface area contributed by atoms with E-state index in [0.717, 1.165) is 6.42 Å². The molecule has 0 unspecified atom stereocenters. The summed E-state index contributed by atoms with van der Waals surface area (Å²) in [7, 11) is 0. The lowest BCUT2D eigenvalue weighted by molar-refractivity contribution is -0.127. The van der Waals surface area contributed by atoms with Gasteiger partial charge in [0.2, 0.25) is 0 Å². The molecule has 0 aromatic carbocycles. The van der Waals surface area contributed by atoms with Crippen LogP contribution in [0.3, 0.4) is 0 Å². The van der Waals surface area contributed by atoms with E-state index in [9.17, 15) is 4.79 Å². The molecule has 1 amide bonds. The molecule has 4 heteroatoms. The molecule has 0 saturated heterocycles. The van der Waals surface area contributed by atoms with Gasteiger partial charge in [0.1, 0.15) is 0 Å². The molecule has 2 N–H and O–H groups in total. The summed E-state index contributed by atoms with van der Waals surface area (Å²) in [6.45, 7) is 1.26. The number of hydrogen-bond donors (Lipinski definition) is 2. The number of nitrogens with zero attached hydrogens (tertiary/aromatic N) is 1. The molecule has 0 aromatic heterocycles. The predicted octanol–water partition coefficient (Wildman–Crippen LogP) is 0.0430. The zero-order chi connectivity index (χ0) is 8.97. The first-order chi connectivity index (χ1) is 5.75. The summed E-state index contributed by atoms with van der Waals surface area (Å²) in [6, 6.07) is 0. The molecule has 0 radical (unpaired) electrons. The topological polar surface area (TPSA) is 60.8 Å². The fraction of sp³-hybridized carbons (Fsp3) is 0.625. The summed E-state index contributed by atoms with van der Waals surface area (Å²) < 4.78 is 0. The van der Waals surface area contributed by atoms with Gasteiger partial charge in [0.25, 0.3) is 5.91 Å². The zero-order valence-electron chi connectivity index (χ0n) is 6.86. The van der Waals surface area contributed by atoms with Crippen molar-refractivity contribution in [2.75, 3.05) is 19.7 Å². The predicted molar refractivity (Wildman–Crippen MR) is 43.6 cm³/mol. The van der Waals surface area contributed by atoms with Crippen LogP contribution < -0.4 is 0 Å². The third kappa shape index (κ3) is 1.98. The van der Waals surface area contributed by atoms with Gasteiger partial charge in [-0.25, -0.2) is 0 Å². The van der Waals surface area contributed by atoms with Gasteiger partial charge in [-0.15, -0.1) is 0 Å². The van der Waals surface area contributed by atoms with Crippen molar-refractivity contribution in [1.29, 1.82) is 0 Å². The van der Waals surface area contributed by atoms with Crippen LogP contribution in [-0.4, -0.2) is 40.7 Å². The highest BCUT2D eigenvalue weighted by molar-refractivity contribution is 5.93. The van der Waals surface area contributed by atoms with E-state index in [0.29, 0.717) is 19.5 Å². The minimum atomic E-state index is -0.298. The number of aliphatic hydroxyl groups is 2. The van der Waals surface area contributed by atoms with Crippen LogP contribution in [0.4, 0.5) is 0 Å². The molecule has 0 bridgehead atoms. The second-order valence-electron chi connectivity index (χ2n) is 2.77. The molecule has 1 aliphatic rings.